The minimum Gasteiger partial charge on any atom is -0.249 e. The molecule has 4 heteroatoms. The molecule has 0 aromatic heterocycles. The van der Waals surface area contributed by atoms with Gasteiger partial charge >= 0.3 is 0 Å². The Morgan fingerprint density at radius 2 is 1.88 bits per heavy atom. The van der Waals surface area contributed by atoms with Crippen LogP contribution in [0.4, 0.5) is 4.39 Å². The maximum absolute atomic E-state index is 12.9. The van der Waals surface area contributed by atoms with Crippen LogP contribution in [0.2, 0.25) is 0 Å². The van der Waals surface area contributed by atoms with Gasteiger partial charge in [0.15, 0.2) is 0 Å². The van der Waals surface area contributed by atoms with Crippen molar-refractivity contribution in [1.82, 2.24) is 4.72 Å². The van der Waals surface area contributed by atoms with Gasteiger partial charge in [-0.15, -0.1) is 0 Å². The topological polar surface area (TPSA) is 29.1 Å². The van der Waals surface area contributed by atoms with Crippen molar-refractivity contribution in [2.24, 2.45) is 0 Å². The van der Waals surface area contributed by atoms with E-state index in [1.54, 1.807) is 0 Å². The number of benzene rings is 1. The van der Waals surface area contributed by atoms with E-state index in [1.807, 2.05) is 51.1 Å². The number of alkyl halides is 1. The molecule has 0 unspecified atom stereocenters. The molecular formula is C12H18FNOS. The van der Waals surface area contributed by atoms with Gasteiger partial charge in [-0.05, 0) is 26.3 Å². The predicted molar refractivity (Wildman–Crippen MR) is 66.2 cm³/mol. The molecule has 16 heavy (non-hydrogen) atoms. The summed E-state index contributed by atoms with van der Waals surface area (Å²) < 4.78 is 27.2. The summed E-state index contributed by atoms with van der Waals surface area (Å²) in [6.45, 7) is 5.01. The largest absolute Gasteiger partial charge is 0.249 e. The lowest BCUT2D eigenvalue weighted by molar-refractivity contribution is 0.418. The first-order valence-corrected chi connectivity index (χ1v) is 6.39. The average Bonchev–Trinajstić information content (AvgIpc) is 2.25. The normalized spacial score (nSPS) is 15.8. The average molecular weight is 243 g/mol. The van der Waals surface area contributed by atoms with Gasteiger partial charge in [-0.25, -0.2) is 13.3 Å². The molecule has 2 nitrogen and oxygen atoms in total. The van der Waals surface area contributed by atoms with Gasteiger partial charge in [0.05, 0.1) is 21.8 Å². The summed E-state index contributed by atoms with van der Waals surface area (Å²) in [7, 11) is -1.26. The second kappa shape index (κ2) is 5.55. The SMILES string of the molecule is CC(C)(C)[S@@](=O)N[C@@H](CF)c1ccccc1. The lowest BCUT2D eigenvalue weighted by Gasteiger charge is -2.22. The van der Waals surface area contributed by atoms with E-state index in [-0.39, 0.29) is 4.75 Å². The second-order valence-electron chi connectivity index (χ2n) is 4.62. The zero-order valence-electron chi connectivity index (χ0n) is 9.87. The van der Waals surface area contributed by atoms with E-state index in [1.165, 1.54) is 0 Å². The maximum Gasteiger partial charge on any atom is 0.110 e. The third-order valence-corrected chi connectivity index (χ3v) is 3.77. The minimum atomic E-state index is -1.26. The van der Waals surface area contributed by atoms with Crippen LogP contribution in [0.15, 0.2) is 30.3 Å². The number of hydrogen-bond acceptors (Lipinski definition) is 1. The predicted octanol–water partition coefficient (Wildman–Crippen LogP) is 2.75. The molecule has 0 saturated carbocycles. The molecule has 2 atom stereocenters. The molecule has 1 rings (SSSR count). The van der Waals surface area contributed by atoms with E-state index in [0.717, 1.165) is 5.56 Å². The molecule has 1 aromatic rings. The molecule has 0 amide bonds. The molecule has 0 bridgehead atoms. The highest BCUT2D eigenvalue weighted by atomic mass is 32.2. The Bertz CT molecular complexity index is 348. The smallest absolute Gasteiger partial charge is 0.110 e. The zero-order valence-corrected chi connectivity index (χ0v) is 10.7. The Hall–Kier alpha value is -0.740. The van der Waals surface area contributed by atoms with Crippen LogP contribution in [0.3, 0.4) is 0 Å². The summed E-state index contributed by atoms with van der Waals surface area (Å²) in [5, 5.41) is 0. The van der Waals surface area contributed by atoms with E-state index < -0.39 is 23.7 Å². The fourth-order valence-corrected chi connectivity index (χ4v) is 1.99. The van der Waals surface area contributed by atoms with E-state index >= 15 is 0 Å². The van der Waals surface area contributed by atoms with E-state index in [9.17, 15) is 8.60 Å². The summed E-state index contributed by atoms with van der Waals surface area (Å²) in [5.74, 6) is 0. The number of rotatable bonds is 4. The minimum absolute atomic E-state index is 0.387. The lowest BCUT2D eigenvalue weighted by Crippen LogP contribution is -2.36. The molecule has 0 aliphatic rings. The molecule has 0 fully saturated rings. The van der Waals surface area contributed by atoms with Crippen LogP contribution in [0.25, 0.3) is 0 Å². The molecule has 1 aromatic carbocycles. The van der Waals surface area contributed by atoms with Gasteiger partial charge < -0.3 is 0 Å². The van der Waals surface area contributed by atoms with Crippen LogP contribution >= 0.6 is 0 Å². The first kappa shape index (κ1) is 13.3. The summed E-state index contributed by atoms with van der Waals surface area (Å²) in [6, 6.07) is 8.73. The van der Waals surface area contributed by atoms with E-state index in [4.69, 9.17) is 0 Å². The van der Waals surface area contributed by atoms with Crippen LogP contribution in [0, 0.1) is 0 Å². The van der Waals surface area contributed by atoms with Crippen molar-refractivity contribution in [2.45, 2.75) is 31.6 Å². The van der Waals surface area contributed by atoms with Crippen molar-refractivity contribution in [3.63, 3.8) is 0 Å². The lowest BCUT2D eigenvalue weighted by atomic mass is 10.1. The highest BCUT2D eigenvalue weighted by Crippen LogP contribution is 2.17. The Labute approximate surface area is 98.8 Å². The van der Waals surface area contributed by atoms with Gasteiger partial charge in [-0.3, -0.25) is 0 Å². The highest BCUT2D eigenvalue weighted by Gasteiger charge is 2.23. The Morgan fingerprint density at radius 3 is 2.31 bits per heavy atom. The van der Waals surface area contributed by atoms with Crippen LogP contribution < -0.4 is 4.72 Å². The van der Waals surface area contributed by atoms with Gasteiger partial charge in [0.25, 0.3) is 0 Å². The number of halogens is 1. The fraction of sp³-hybridized carbons (Fsp3) is 0.500. The molecule has 1 N–H and O–H groups in total. The van der Waals surface area contributed by atoms with Crippen molar-refractivity contribution in [3.05, 3.63) is 35.9 Å². The summed E-state index contributed by atoms with van der Waals surface area (Å²) in [4.78, 5) is 0. The third-order valence-electron chi connectivity index (χ3n) is 2.16. The first-order chi connectivity index (χ1) is 7.45. The molecule has 0 radical (unpaired) electrons. The standard InChI is InChI=1S/C12H18FNOS/c1-12(2,3)16(15)14-11(9-13)10-7-5-4-6-8-10/h4-8,11,14H,9H2,1-3H3/t11-,16+/m0/s1. The summed E-state index contributed by atoms with van der Waals surface area (Å²) in [5.41, 5.74) is 0.822. The summed E-state index contributed by atoms with van der Waals surface area (Å²) in [6.07, 6.45) is 0. The van der Waals surface area contributed by atoms with Gasteiger partial charge in [0, 0.05) is 0 Å². The van der Waals surface area contributed by atoms with Crippen LogP contribution in [0.1, 0.15) is 32.4 Å². The molecule has 90 valence electrons. The van der Waals surface area contributed by atoms with Crippen molar-refractivity contribution >= 4 is 11.0 Å². The molecule has 0 saturated heterocycles. The third kappa shape index (κ3) is 3.68. The van der Waals surface area contributed by atoms with Gasteiger partial charge in [-0.2, -0.15) is 0 Å². The monoisotopic (exact) mass is 243 g/mol. The van der Waals surface area contributed by atoms with Crippen molar-refractivity contribution in [3.8, 4) is 0 Å². The van der Waals surface area contributed by atoms with E-state index in [0.29, 0.717) is 0 Å². The van der Waals surface area contributed by atoms with Crippen molar-refractivity contribution in [1.29, 1.82) is 0 Å². The molecule has 0 heterocycles. The molecule has 0 spiro atoms. The number of hydrogen-bond donors (Lipinski definition) is 1. The molecular weight excluding hydrogens is 225 g/mol. The summed E-state index contributed by atoms with van der Waals surface area (Å²) >= 11 is 0. The maximum atomic E-state index is 12.9. The molecule has 0 aliphatic heterocycles. The Balaban J connectivity index is 2.75. The second-order valence-corrected chi connectivity index (χ2v) is 6.61. The van der Waals surface area contributed by atoms with Gasteiger partial charge in [-0.1, -0.05) is 30.3 Å². The van der Waals surface area contributed by atoms with Gasteiger partial charge in [0.1, 0.15) is 6.67 Å². The van der Waals surface area contributed by atoms with E-state index in [2.05, 4.69) is 4.72 Å². The van der Waals surface area contributed by atoms with Crippen LogP contribution in [0.5, 0.6) is 0 Å². The van der Waals surface area contributed by atoms with Crippen molar-refractivity contribution < 1.29 is 8.60 Å². The fourth-order valence-electron chi connectivity index (χ4n) is 1.18. The first-order valence-electron chi connectivity index (χ1n) is 5.24. The molecule has 0 aliphatic carbocycles. The van der Waals surface area contributed by atoms with Crippen molar-refractivity contribution in [2.75, 3.05) is 6.67 Å². The Kier molecular flexibility index (Phi) is 4.62. The van der Waals surface area contributed by atoms with Crippen LogP contribution in [-0.2, 0) is 11.0 Å². The highest BCUT2D eigenvalue weighted by molar-refractivity contribution is 7.84. The van der Waals surface area contributed by atoms with Gasteiger partial charge in [0.2, 0.25) is 0 Å². The van der Waals surface area contributed by atoms with Crippen LogP contribution in [-0.4, -0.2) is 15.6 Å². The zero-order chi connectivity index (χ0) is 12.2. The Morgan fingerprint density at radius 1 is 1.31 bits per heavy atom. The number of nitrogens with one attached hydrogen (secondary N) is 1. The quantitative estimate of drug-likeness (QED) is 0.865.